The molecule has 6 heteroatoms. The minimum atomic E-state index is -0.703. The predicted molar refractivity (Wildman–Crippen MR) is 102 cm³/mol. The van der Waals surface area contributed by atoms with Crippen molar-refractivity contribution in [1.82, 2.24) is 0 Å². The molecule has 0 heterocycles. The Hall–Kier alpha value is -2.53. The molecule has 0 saturated heterocycles. The van der Waals surface area contributed by atoms with Crippen LogP contribution in [0.4, 0.5) is 5.69 Å². The molecule has 1 amide bonds. The molecule has 2 aromatic carbocycles. The van der Waals surface area contributed by atoms with Crippen LogP contribution in [0.2, 0.25) is 5.02 Å². The van der Waals surface area contributed by atoms with E-state index in [0.717, 1.165) is 5.56 Å². The first-order valence-electron chi connectivity index (χ1n) is 8.46. The maximum atomic E-state index is 12.6. The number of rotatable bonds is 7. The van der Waals surface area contributed by atoms with Gasteiger partial charge in [-0.2, -0.15) is 0 Å². The van der Waals surface area contributed by atoms with Crippen molar-refractivity contribution in [2.75, 3.05) is 11.9 Å². The summed E-state index contributed by atoms with van der Waals surface area (Å²) >= 11 is 6.02. The Kier molecular flexibility index (Phi) is 7.04. The number of amides is 1. The number of hydrogen-bond donors (Lipinski definition) is 1. The number of esters is 1. The summed E-state index contributed by atoms with van der Waals surface area (Å²) in [5, 5.41) is 3.39. The van der Waals surface area contributed by atoms with E-state index in [9.17, 15) is 9.59 Å². The van der Waals surface area contributed by atoms with Crippen LogP contribution < -0.4 is 10.1 Å². The molecule has 0 spiro atoms. The summed E-state index contributed by atoms with van der Waals surface area (Å²) in [5.41, 5.74) is 1.57. The third-order valence-corrected chi connectivity index (χ3v) is 4.18. The van der Waals surface area contributed by atoms with Crippen LogP contribution in [-0.4, -0.2) is 24.6 Å². The van der Waals surface area contributed by atoms with E-state index in [-0.39, 0.29) is 12.5 Å². The number of aryl methyl sites for hydroxylation is 1. The molecule has 0 fully saturated rings. The number of anilines is 1. The van der Waals surface area contributed by atoms with Crippen molar-refractivity contribution >= 4 is 29.2 Å². The van der Waals surface area contributed by atoms with Crippen molar-refractivity contribution < 1.29 is 19.1 Å². The van der Waals surface area contributed by atoms with Gasteiger partial charge in [0.1, 0.15) is 5.75 Å². The third kappa shape index (κ3) is 4.99. The highest BCUT2D eigenvalue weighted by Gasteiger charge is 2.21. The van der Waals surface area contributed by atoms with Crippen molar-refractivity contribution in [3.63, 3.8) is 0 Å². The molecule has 0 bridgehead atoms. The van der Waals surface area contributed by atoms with Gasteiger partial charge in [0.2, 0.25) is 0 Å². The minimum absolute atomic E-state index is 0.262. The minimum Gasteiger partial charge on any atom is -0.481 e. The molecule has 2 aromatic rings. The highest BCUT2D eigenvalue weighted by molar-refractivity contribution is 6.31. The number of nitrogens with one attached hydrogen (secondary N) is 1. The van der Waals surface area contributed by atoms with E-state index >= 15 is 0 Å². The number of ether oxygens (including phenoxy) is 2. The lowest BCUT2D eigenvalue weighted by Gasteiger charge is -2.18. The number of para-hydroxylation sites is 1. The zero-order valence-corrected chi connectivity index (χ0v) is 15.8. The van der Waals surface area contributed by atoms with Crippen LogP contribution in [0.5, 0.6) is 5.75 Å². The second kappa shape index (κ2) is 9.25. The van der Waals surface area contributed by atoms with Crippen molar-refractivity contribution in [2.24, 2.45) is 0 Å². The number of halogens is 1. The summed E-state index contributed by atoms with van der Waals surface area (Å²) in [6, 6.07) is 12.0. The lowest BCUT2D eigenvalue weighted by Crippen LogP contribution is -2.33. The van der Waals surface area contributed by atoms with Gasteiger partial charge in [0.15, 0.2) is 6.10 Å². The van der Waals surface area contributed by atoms with Crippen molar-refractivity contribution in [3.8, 4) is 5.75 Å². The van der Waals surface area contributed by atoms with E-state index in [2.05, 4.69) is 5.32 Å². The molecule has 138 valence electrons. The van der Waals surface area contributed by atoms with Gasteiger partial charge in [-0.3, -0.25) is 4.79 Å². The van der Waals surface area contributed by atoms with Gasteiger partial charge in [-0.05, 0) is 56.2 Å². The molecule has 0 aliphatic carbocycles. The molecule has 0 aliphatic rings. The fourth-order valence-electron chi connectivity index (χ4n) is 2.37. The molecule has 2 rings (SSSR count). The number of hydrogen-bond acceptors (Lipinski definition) is 4. The van der Waals surface area contributed by atoms with Crippen LogP contribution in [0.15, 0.2) is 42.5 Å². The molecular formula is C20H22ClNO4. The first-order chi connectivity index (χ1) is 12.5. The van der Waals surface area contributed by atoms with Gasteiger partial charge in [-0.15, -0.1) is 0 Å². The van der Waals surface area contributed by atoms with Crippen LogP contribution in [-0.2, 0) is 9.53 Å². The summed E-state index contributed by atoms with van der Waals surface area (Å²) < 4.78 is 10.8. The molecule has 26 heavy (non-hydrogen) atoms. The largest absolute Gasteiger partial charge is 0.481 e. The first kappa shape index (κ1) is 19.8. The Morgan fingerprint density at radius 3 is 2.54 bits per heavy atom. The standard InChI is InChI=1S/C20H22ClNO4/c1-4-18(26-14-10-11-16(21)13(3)12-14)19(23)22-17-9-7-6-8-15(17)20(24)25-5-2/h6-12,18H,4-5H2,1-3H3,(H,22,23)/t18-/m1/s1. The van der Waals surface area contributed by atoms with Crippen LogP contribution in [0.3, 0.4) is 0 Å². The Morgan fingerprint density at radius 2 is 1.88 bits per heavy atom. The molecule has 0 aliphatic heterocycles. The Bertz CT molecular complexity index is 791. The number of carbonyl (C=O) groups excluding carboxylic acids is 2. The van der Waals surface area contributed by atoms with Crippen molar-refractivity contribution in [1.29, 1.82) is 0 Å². The second-order valence-electron chi connectivity index (χ2n) is 5.68. The van der Waals surface area contributed by atoms with E-state index in [0.29, 0.717) is 28.4 Å². The van der Waals surface area contributed by atoms with Gasteiger partial charge in [-0.1, -0.05) is 30.7 Å². The van der Waals surface area contributed by atoms with Gasteiger partial charge >= 0.3 is 5.97 Å². The van der Waals surface area contributed by atoms with Gasteiger partial charge in [0, 0.05) is 5.02 Å². The highest BCUT2D eigenvalue weighted by Crippen LogP contribution is 2.23. The Balaban J connectivity index is 2.14. The Morgan fingerprint density at radius 1 is 1.15 bits per heavy atom. The number of carbonyl (C=O) groups is 2. The summed E-state index contributed by atoms with van der Waals surface area (Å²) in [7, 11) is 0. The SMILES string of the molecule is CCOC(=O)c1ccccc1NC(=O)[C@@H](CC)Oc1ccc(Cl)c(C)c1. The quantitative estimate of drug-likeness (QED) is 0.717. The van der Waals surface area contributed by atoms with E-state index < -0.39 is 12.1 Å². The number of benzene rings is 2. The molecule has 1 atom stereocenters. The molecule has 0 aromatic heterocycles. The summed E-state index contributed by atoms with van der Waals surface area (Å²) in [6.07, 6.45) is -0.236. The van der Waals surface area contributed by atoms with Crippen LogP contribution in [0.1, 0.15) is 36.2 Å². The fraction of sp³-hybridized carbons (Fsp3) is 0.300. The molecular weight excluding hydrogens is 354 g/mol. The van der Waals surface area contributed by atoms with E-state index in [1.54, 1.807) is 49.4 Å². The Labute approximate surface area is 158 Å². The van der Waals surface area contributed by atoms with Crippen LogP contribution in [0, 0.1) is 6.92 Å². The molecule has 0 radical (unpaired) electrons. The monoisotopic (exact) mass is 375 g/mol. The second-order valence-corrected chi connectivity index (χ2v) is 6.09. The zero-order valence-electron chi connectivity index (χ0n) is 15.0. The summed E-state index contributed by atoms with van der Waals surface area (Å²) in [4.78, 5) is 24.6. The van der Waals surface area contributed by atoms with Gasteiger partial charge in [0.25, 0.3) is 5.91 Å². The van der Waals surface area contributed by atoms with Gasteiger partial charge < -0.3 is 14.8 Å². The van der Waals surface area contributed by atoms with Gasteiger partial charge in [-0.25, -0.2) is 4.79 Å². The van der Waals surface area contributed by atoms with Crippen LogP contribution >= 0.6 is 11.6 Å². The topological polar surface area (TPSA) is 64.6 Å². The average Bonchev–Trinajstić information content (AvgIpc) is 2.63. The van der Waals surface area contributed by atoms with E-state index in [1.807, 2.05) is 13.8 Å². The highest BCUT2D eigenvalue weighted by atomic mass is 35.5. The fourth-order valence-corrected chi connectivity index (χ4v) is 2.49. The lowest BCUT2D eigenvalue weighted by atomic mass is 10.1. The molecule has 0 unspecified atom stereocenters. The maximum absolute atomic E-state index is 12.6. The van der Waals surface area contributed by atoms with Gasteiger partial charge in [0.05, 0.1) is 17.9 Å². The third-order valence-electron chi connectivity index (χ3n) is 3.75. The van der Waals surface area contributed by atoms with Crippen molar-refractivity contribution in [2.45, 2.75) is 33.3 Å². The first-order valence-corrected chi connectivity index (χ1v) is 8.83. The van der Waals surface area contributed by atoms with E-state index in [4.69, 9.17) is 21.1 Å². The van der Waals surface area contributed by atoms with Crippen LogP contribution in [0.25, 0.3) is 0 Å². The lowest BCUT2D eigenvalue weighted by molar-refractivity contribution is -0.122. The average molecular weight is 376 g/mol. The zero-order chi connectivity index (χ0) is 19.1. The molecule has 0 saturated carbocycles. The molecule has 5 nitrogen and oxygen atoms in total. The predicted octanol–water partition coefficient (Wildman–Crippen LogP) is 4.62. The molecule has 1 N–H and O–H groups in total. The maximum Gasteiger partial charge on any atom is 0.340 e. The van der Waals surface area contributed by atoms with E-state index in [1.165, 1.54) is 0 Å². The normalized spacial score (nSPS) is 11.5. The summed E-state index contributed by atoms with van der Waals surface area (Å²) in [6.45, 7) is 5.71. The summed E-state index contributed by atoms with van der Waals surface area (Å²) in [5.74, 6) is -0.255. The smallest absolute Gasteiger partial charge is 0.340 e. The van der Waals surface area contributed by atoms with Crippen molar-refractivity contribution in [3.05, 3.63) is 58.6 Å².